The number of nitrogens with zero attached hydrogens (tertiary/aromatic N) is 1. The van der Waals surface area contributed by atoms with Crippen LogP contribution in [-0.2, 0) is 0 Å². The van der Waals surface area contributed by atoms with E-state index in [0.29, 0.717) is 12.0 Å². The lowest BCUT2D eigenvalue weighted by Gasteiger charge is -2.20. The van der Waals surface area contributed by atoms with E-state index in [0.717, 1.165) is 0 Å². The Bertz CT molecular complexity index is 124. The van der Waals surface area contributed by atoms with Gasteiger partial charge in [-0.25, -0.2) is 0 Å². The van der Waals surface area contributed by atoms with E-state index in [2.05, 4.69) is 24.1 Å². The average molecular weight is 109 g/mol. The first kappa shape index (κ1) is 5.54. The summed E-state index contributed by atoms with van der Waals surface area (Å²) in [5, 5.41) is 0. The van der Waals surface area contributed by atoms with Gasteiger partial charge in [0.15, 0.2) is 0 Å². The summed E-state index contributed by atoms with van der Waals surface area (Å²) in [5.41, 5.74) is 0. The second-order valence-corrected chi connectivity index (χ2v) is 2.14. The first-order valence-electron chi connectivity index (χ1n) is 3.00. The van der Waals surface area contributed by atoms with Crippen LogP contribution in [0.5, 0.6) is 0 Å². The zero-order chi connectivity index (χ0) is 5.98. The molecule has 0 saturated carbocycles. The van der Waals surface area contributed by atoms with Crippen molar-refractivity contribution < 1.29 is 0 Å². The first-order valence-corrected chi connectivity index (χ1v) is 3.00. The van der Waals surface area contributed by atoms with Crippen molar-refractivity contribution in [2.24, 2.45) is 10.9 Å². The Morgan fingerprint density at radius 2 is 2.38 bits per heavy atom. The maximum absolute atomic E-state index is 4.09. The van der Waals surface area contributed by atoms with Gasteiger partial charge in [0.25, 0.3) is 0 Å². The SMILES string of the molecule is C/C=C\C1C=NC1C. The molecule has 0 aromatic heterocycles. The summed E-state index contributed by atoms with van der Waals surface area (Å²) in [4.78, 5) is 4.09. The Morgan fingerprint density at radius 1 is 1.62 bits per heavy atom. The zero-order valence-electron chi connectivity index (χ0n) is 5.33. The van der Waals surface area contributed by atoms with E-state index in [1.807, 2.05) is 13.1 Å². The molecular weight excluding hydrogens is 98.1 g/mol. The summed E-state index contributed by atoms with van der Waals surface area (Å²) in [6.07, 6.45) is 6.24. The summed E-state index contributed by atoms with van der Waals surface area (Å²) in [6, 6.07) is 0.534. The Labute approximate surface area is 50.1 Å². The van der Waals surface area contributed by atoms with E-state index in [4.69, 9.17) is 0 Å². The maximum Gasteiger partial charge on any atom is 0.0579 e. The van der Waals surface area contributed by atoms with Crippen LogP contribution in [0.3, 0.4) is 0 Å². The van der Waals surface area contributed by atoms with Crippen molar-refractivity contribution in [1.82, 2.24) is 0 Å². The van der Waals surface area contributed by atoms with E-state index in [-0.39, 0.29) is 0 Å². The maximum atomic E-state index is 4.09. The van der Waals surface area contributed by atoms with E-state index < -0.39 is 0 Å². The number of hydrogen-bond acceptors (Lipinski definition) is 1. The predicted molar refractivity (Wildman–Crippen MR) is 36.3 cm³/mol. The smallest absolute Gasteiger partial charge is 0.0579 e. The van der Waals surface area contributed by atoms with E-state index in [1.54, 1.807) is 0 Å². The topological polar surface area (TPSA) is 12.4 Å². The molecule has 1 heterocycles. The molecule has 0 fully saturated rings. The summed E-state index contributed by atoms with van der Waals surface area (Å²) in [7, 11) is 0. The molecule has 8 heavy (non-hydrogen) atoms. The molecule has 0 bridgehead atoms. The normalized spacial score (nSPS) is 35.8. The number of hydrogen-bond donors (Lipinski definition) is 0. The molecule has 44 valence electrons. The van der Waals surface area contributed by atoms with Gasteiger partial charge in [-0.1, -0.05) is 12.2 Å². The fourth-order valence-corrected chi connectivity index (χ4v) is 0.790. The Hall–Kier alpha value is -0.590. The van der Waals surface area contributed by atoms with Crippen molar-refractivity contribution in [3.8, 4) is 0 Å². The fraction of sp³-hybridized carbons (Fsp3) is 0.571. The molecule has 0 radical (unpaired) electrons. The molecule has 0 aromatic rings. The second-order valence-electron chi connectivity index (χ2n) is 2.14. The molecule has 1 heteroatoms. The van der Waals surface area contributed by atoms with Crippen molar-refractivity contribution in [1.29, 1.82) is 0 Å². The van der Waals surface area contributed by atoms with Crippen LogP contribution in [0.2, 0.25) is 0 Å². The van der Waals surface area contributed by atoms with Crippen LogP contribution in [0.4, 0.5) is 0 Å². The third-order valence-electron chi connectivity index (χ3n) is 1.47. The van der Waals surface area contributed by atoms with Gasteiger partial charge in [0.1, 0.15) is 0 Å². The standard InChI is InChI=1S/C7H11N/c1-3-4-7-5-8-6(7)2/h3-7H,1-2H3/b4-3-. The van der Waals surface area contributed by atoms with Crippen LogP contribution < -0.4 is 0 Å². The highest BCUT2D eigenvalue weighted by molar-refractivity contribution is 5.70. The molecule has 2 unspecified atom stereocenters. The summed E-state index contributed by atoms with van der Waals surface area (Å²) in [6.45, 7) is 4.17. The molecule has 0 N–H and O–H groups in total. The van der Waals surface area contributed by atoms with Gasteiger partial charge < -0.3 is 0 Å². The van der Waals surface area contributed by atoms with Gasteiger partial charge in [-0.05, 0) is 13.8 Å². The third-order valence-corrected chi connectivity index (χ3v) is 1.47. The molecule has 0 aliphatic carbocycles. The molecule has 2 atom stereocenters. The van der Waals surface area contributed by atoms with Gasteiger partial charge >= 0.3 is 0 Å². The molecule has 0 spiro atoms. The Balaban J connectivity index is 2.41. The summed E-state index contributed by atoms with van der Waals surface area (Å²) in [5.74, 6) is 0.625. The van der Waals surface area contributed by atoms with Crippen LogP contribution >= 0.6 is 0 Å². The quantitative estimate of drug-likeness (QED) is 0.454. The highest BCUT2D eigenvalue weighted by atomic mass is 14.8. The van der Waals surface area contributed by atoms with E-state index in [1.165, 1.54) is 0 Å². The van der Waals surface area contributed by atoms with Gasteiger partial charge in [0.05, 0.1) is 6.04 Å². The third kappa shape index (κ3) is 0.808. The molecule has 1 nitrogen and oxygen atoms in total. The van der Waals surface area contributed by atoms with Gasteiger partial charge in [-0.3, -0.25) is 4.99 Å². The Kier molecular flexibility index (Phi) is 1.47. The highest BCUT2D eigenvalue weighted by Crippen LogP contribution is 2.14. The number of allylic oxidation sites excluding steroid dienone is 1. The van der Waals surface area contributed by atoms with Crippen LogP contribution in [0.15, 0.2) is 17.1 Å². The lowest BCUT2D eigenvalue weighted by Crippen LogP contribution is -2.23. The lowest BCUT2D eigenvalue weighted by atomic mass is 9.98. The fourth-order valence-electron chi connectivity index (χ4n) is 0.790. The minimum Gasteiger partial charge on any atom is -0.293 e. The monoisotopic (exact) mass is 109 g/mol. The van der Waals surface area contributed by atoms with Gasteiger partial charge in [0, 0.05) is 12.1 Å². The molecule has 0 aromatic carbocycles. The second kappa shape index (κ2) is 2.12. The Morgan fingerprint density at radius 3 is 2.50 bits per heavy atom. The number of aliphatic imine (C=N–C) groups is 1. The molecule has 1 aliphatic heterocycles. The van der Waals surface area contributed by atoms with Crippen molar-refractivity contribution in [2.45, 2.75) is 19.9 Å². The van der Waals surface area contributed by atoms with Gasteiger partial charge in [-0.15, -0.1) is 0 Å². The van der Waals surface area contributed by atoms with E-state index in [9.17, 15) is 0 Å². The van der Waals surface area contributed by atoms with Crippen LogP contribution in [0.1, 0.15) is 13.8 Å². The van der Waals surface area contributed by atoms with Crippen LogP contribution in [0.25, 0.3) is 0 Å². The predicted octanol–water partition coefficient (Wildman–Crippen LogP) is 1.65. The van der Waals surface area contributed by atoms with Crippen LogP contribution in [-0.4, -0.2) is 12.3 Å². The molecule has 0 saturated heterocycles. The average Bonchev–Trinajstić information content (AvgIpc) is 1.79. The first-order chi connectivity index (χ1) is 3.84. The van der Waals surface area contributed by atoms with Crippen molar-refractivity contribution in [2.75, 3.05) is 0 Å². The zero-order valence-corrected chi connectivity index (χ0v) is 5.33. The number of rotatable bonds is 1. The van der Waals surface area contributed by atoms with Crippen molar-refractivity contribution in [3.05, 3.63) is 12.2 Å². The summed E-state index contributed by atoms with van der Waals surface area (Å²) >= 11 is 0. The van der Waals surface area contributed by atoms with Crippen molar-refractivity contribution >= 4 is 6.21 Å². The molecule has 1 aliphatic rings. The minimum atomic E-state index is 0.534. The molecular formula is C7H11N. The van der Waals surface area contributed by atoms with Gasteiger partial charge in [-0.2, -0.15) is 0 Å². The van der Waals surface area contributed by atoms with Crippen molar-refractivity contribution in [3.63, 3.8) is 0 Å². The lowest BCUT2D eigenvalue weighted by molar-refractivity contribution is 0.617. The largest absolute Gasteiger partial charge is 0.293 e. The van der Waals surface area contributed by atoms with E-state index >= 15 is 0 Å². The molecule has 1 rings (SSSR count). The molecule has 0 amide bonds. The summed E-state index contributed by atoms with van der Waals surface area (Å²) < 4.78 is 0. The van der Waals surface area contributed by atoms with Gasteiger partial charge in [0.2, 0.25) is 0 Å². The minimum absolute atomic E-state index is 0.534. The van der Waals surface area contributed by atoms with Crippen LogP contribution in [0, 0.1) is 5.92 Å². The highest BCUT2D eigenvalue weighted by Gasteiger charge is 2.16.